The number of aromatic nitrogens is 2. The molecule has 0 fully saturated rings. The Morgan fingerprint density at radius 3 is 2.71 bits per heavy atom. The molecule has 4 aromatic rings. The number of hydrogen-bond donors (Lipinski definition) is 1. The first-order valence-electron chi connectivity index (χ1n) is 8.88. The number of para-hydroxylation sites is 3. The van der Waals surface area contributed by atoms with Gasteiger partial charge in [0.1, 0.15) is 5.52 Å². The minimum Gasteiger partial charge on any atom is -0.451 e. The van der Waals surface area contributed by atoms with E-state index in [2.05, 4.69) is 9.97 Å². The Bertz CT molecular complexity index is 1180. The fourth-order valence-electron chi connectivity index (χ4n) is 3.17. The number of carbonyl (C=O) groups excluding carboxylic acids is 2. The summed E-state index contributed by atoms with van der Waals surface area (Å²) in [6, 6.07) is 14.8. The Morgan fingerprint density at radius 2 is 1.89 bits per heavy atom. The Balaban J connectivity index is 1.47. The number of fused-ring (bicyclic) bond motifs is 2. The quantitative estimate of drug-likeness (QED) is 0.317. The second-order valence-electron chi connectivity index (χ2n) is 6.47. The number of esters is 1. The molecule has 0 spiro atoms. The number of oxazole rings is 1. The van der Waals surface area contributed by atoms with Crippen LogP contribution in [-0.4, -0.2) is 27.8 Å². The monoisotopic (exact) mass is 374 g/mol. The van der Waals surface area contributed by atoms with Crippen LogP contribution in [0.15, 0.2) is 59.0 Å². The molecule has 140 valence electrons. The zero-order valence-corrected chi connectivity index (χ0v) is 15.4. The van der Waals surface area contributed by atoms with E-state index in [0.717, 1.165) is 16.6 Å². The molecular formula is C22H18N2O4. The van der Waals surface area contributed by atoms with Gasteiger partial charge in [0.15, 0.2) is 11.7 Å². The van der Waals surface area contributed by atoms with Crippen molar-refractivity contribution in [3.05, 3.63) is 71.8 Å². The topological polar surface area (TPSA) is 85.2 Å². The maximum Gasteiger partial charge on any atom is 0.331 e. The normalized spacial score (nSPS) is 12.6. The van der Waals surface area contributed by atoms with Crippen LogP contribution in [0.4, 0.5) is 0 Å². The average Bonchev–Trinajstić information content (AvgIpc) is 3.25. The lowest BCUT2D eigenvalue weighted by Crippen LogP contribution is -2.24. The summed E-state index contributed by atoms with van der Waals surface area (Å²) in [6.07, 6.45) is 1.71. The highest BCUT2D eigenvalue weighted by Crippen LogP contribution is 2.24. The van der Waals surface area contributed by atoms with Crippen LogP contribution in [0.5, 0.6) is 0 Å². The highest BCUT2D eigenvalue weighted by molar-refractivity contribution is 6.11. The summed E-state index contributed by atoms with van der Waals surface area (Å²) < 4.78 is 10.8. The van der Waals surface area contributed by atoms with Crippen molar-refractivity contribution in [2.75, 3.05) is 0 Å². The van der Waals surface area contributed by atoms with Crippen LogP contribution in [0.3, 0.4) is 0 Å². The highest BCUT2D eigenvalue weighted by atomic mass is 16.5. The molecule has 6 heteroatoms. The first-order chi connectivity index (χ1) is 13.5. The van der Waals surface area contributed by atoms with E-state index in [-0.39, 0.29) is 5.78 Å². The van der Waals surface area contributed by atoms with E-state index in [1.807, 2.05) is 49.4 Å². The summed E-state index contributed by atoms with van der Waals surface area (Å²) in [5, 5.41) is 0.815. The van der Waals surface area contributed by atoms with Crippen molar-refractivity contribution in [2.24, 2.45) is 0 Å². The molecule has 2 aromatic carbocycles. The summed E-state index contributed by atoms with van der Waals surface area (Å²) >= 11 is 0. The maximum atomic E-state index is 12.8. The fourth-order valence-corrected chi connectivity index (χ4v) is 3.17. The second-order valence-corrected chi connectivity index (χ2v) is 6.47. The summed E-state index contributed by atoms with van der Waals surface area (Å²) in [4.78, 5) is 32.4. The van der Waals surface area contributed by atoms with E-state index in [9.17, 15) is 9.59 Å². The Labute approximate surface area is 160 Å². The van der Waals surface area contributed by atoms with Gasteiger partial charge < -0.3 is 14.1 Å². The predicted molar refractivity (Wildman–Crippen MR) is 106 cm³/mol. The Kier molecular flexibility index (Phi) is 4.53. The van der Waals surface area contributed by atoms with Crippen molar-refractivity contribution in [3.8, 4) is 0 Å². The number of H-pyrrole nitrogens is 1. The number of ether oxygens (including phenoxy) is 1. The summed E-state index contributed by atoms with van der Waals surface area (Å²) in [7, 11) is 0. The molecule has 4 rings (SSSR count). The van der Waals surface area contributed by atoms with Gasteiger partial charge >= 0.3 is 5.97 Å². The number of aryl methyl sites for hydroxylation is 1. The van der Waals surface area contributed by atoms with E-state index in [1.54, 1.807) is 13.0 Å². The molecule has 0 amide bonds. The number of hydrogen-bond acceptors (Lipinski definition) is 5. The average molecular weight is 374 g/mol. The number of rotatable bonds is 5. The van der Waals surface area contributed by atoms with Crippen LogP contribution in [0.25, 0.3) is 28.1 Å². The minimum absolute atomic E-state index is 0.251. The number of Topliss-reactive ketones (excluding diaryl/α,β-unsaturated/α-hetero) is 1. The first-order valence-corrected chi connectivity index (χ1v) is 8.88. The van der Waals surface area contributed by atoms with Crippen LogP contribution in [0.1, 0.15) is 28.9 Å². The molecule has 0 saturated carbocycles. The molecule has 0 saturated heterocycles. The van der Waals surface area contributed by atoms with Crippen molar-refractivity contribution in [1.82, 2.24) is 9.97 Å². The summed E-state index contributed by atoms with van der Waals surface area (Å²) in [5.74, 6) is -0.594. The van der Waals surface area contributed by atoms with Gasteiger partial charge in [-0.2, -0.15) is 0 Å². The third-order valence-electron chi connectivity index (χ3n) is 4.47. The summed E-state index contributed by atoms with van der Waals surface area (Å²) in [6.45, 7) is 3.39. The maximum absolute atomic E-state index is 12.8. The summed E-state index contributed by atoms with van der Waals surface area (Å²) in [5.41, 5.74) is 3.50. The van der Waals surface area contributed by atoms with Gasteiger partial charge in [-0.15, -0.1) is 0 Å². The third kappa shape index (κ3) is 3.32. The lowest BCUT2D eigenvalue weighted by molar-refractivity contribution is -0.140. The fraction of sp³-hybridized carbons (Fsp3) is 0.136. The lowest BCUT2D eigenvalue weighted by Gasteiger charge is -2.11. The van der Waals surface area contributed by atoms with E-state index in [4.69, 9.17) is 9.15 Å². The second kappa shape index (κ2) is 7.15. The number of nitrogens with one attached hydrogen (secondary N) is 1. The van der Waals surface area contributed by atoms with Crippen molar-refractivity contribution in [2.45, 2.75) is 20.0 Å². The highest BCUT2D eigenvalue weighted by Gasteiger charge is 2.23. The molecule has 2 aromatic heterocycles. The minimum atomic E-state index is -0.918. The lowest BCUT2D eigenvalue weighted by atomic mass is 10.0. The predicted octanol–water partition coefficient (Wildman–Crippen LogP) is 4.45. The van der Waals surface area contributed by atoms with Gasteiger partial charge in [-0.25, -0.2) is 9.78 Å². The van der Waals surface area contributed by atoms with Gasteiger partial charge in [0.05, 0.1) is 0 Å². The zero-order chi connectivity index (χ0) is 19.7. The zero-order valence-electron chi connectivity index (χ0n) is 15.4. The molecule has 1 atom stereocenters. The van der Waals surface area contributed by atoms with Crippen LogP contribution < -0.4 is 0 Å². The van der Waals surface area contributed by atoms with Crippen molar-refractivity contribution in [3.63, 3.8) is 0 Å². The molecule has 0 radical (unpaired) electrons. The van der Waals surface area contributed by atoms with Crippen LogP contribution >= 0.6 is 0 Å². The van der Waals surface area contributed by atoms with Gasteiger partial charge in [-0.1, -0.05) is 30.3 Å². The van der Waals surface area contributed by atoms with E-state index < -0.39 is 12.1 Å². The number of benzene rings is 2. The molecule has 0 unspecified atom stereocenters. The number of ketones is 1. The first kappa shape index (κ1) is 17.7. The molecule has 28 heavy (non-hydrogen) atoms. The van der Waals surface area contributed by atoms with E-state index in [1.165, 1.54) is 12.2 Å². The standard InChI is InChI=1S/C22H18N2O4/c1-13-21(15-7-3-4-8-16(15)23-13)22(26)14(2)27-20(25)12-11-19-24-17-9-5-6-10-18(17)28-19/h3-12,14,23H,1-2H3/b12-11+/t14-/m0/s1. The Hall–Kier alpha value is -3.67. The van der Waals surface area contributed by atoms with Gasteiger partial charge in [-0.3, -0.25) is 4.79 Å². The molecule has 2 heterocycles. The molecule has 1 N–H and O–H groups in total. The molecular weight excluding hydrogens is 356 g/mol. The number of nitrogens with zero attached hydrogens (tertiary/aromatic N) is 1. The van der Waals surface area contributed by atoms with Gasteiger partial charge in [0.2, 0.25) is 11.7 Å². The van der Waals surface area contributed by atoms with Gasteiger partial charge in [0, 0.05) is 34.3 Å². The SMILES string of the molecule is Cc1[nH]c2ccccc2c1C(=O)[C@H](C)OC(=O)/C=C/c1nc2ccccc2o1. The van der Waals surface area contributed by atoms with Crippen LogP contribution in [-0.2, 0) is 9.53 Å². The van der Waals surface area contributed by atoms with Gasteiger partial charge in [0.25, 0.3) is 0 Å². The largest absolute Gasteiger partial charge is 0.451 e. The molecule has 6 nitrogen and oxygen atoms in total. The van der Waals surface area contributed by atoms with Crippen molar-refractivity contribution in [1.29, 1.82) is 0 Å². The third-order valence-corrected chi connectivity index (χ3v) is 4.47. The van der Waals surface area contributed by atoms with E-state index >= 15 is 0 Å². The molecule has 0 aliphatic carbocycles. The van der Waals surface area contributed by atoms with Crippen LogP contribution in [0, 0.1) is 6.92 Å². The van der Waals surface area contributed by atoms with Crippen molar-refractivity contribution < 1.29 is 18.7 Å². The Morgan fingerprint density at radius 1 is 1.14 bits per heavy atom. The van der Waals surface area contributed by atoms with Gasteiger partial charge in [-0.05, 0) is 32.0 Å². The van der Waals surface area contributed by atoms with E-state index in [0.29, 0.717) is 22.6 Å². The van der Waals surface area contributed by atoms with Crippen molar-refractivity contribution >= 4 is 39.8 Å². The number of aromatic amines is 1. The molecule has 0 aliphatic heterocycles. The smallest absolute Gasteiger partial charge is 0.331 e. The number of carbonyl (C=O) groups is 2. The molecule has 0 bridgehead atoms. The van der Waals surface area contributed by atoms with Crippen LogP contribution in [0.2, 0.25) is 0 Å². The molecule has 0 aliphatic rings.